The highest BCUT2D eigenvalue weighted by Crippen LogP contribution is 2.00. The van der Waals surface area contributed by atoms with E-state index in [2.05, 4.69) is 11.6 Å². The second-order valence-electron chi connectivity index (χ2n) is 1.91. The predicted molar refractivity (Wildman–Crippen MR) is 54.7 cm³/mol. The standard InChI is InChI=1S/C8H10N2.C2H6/c1-3-5-10-7-9-6-8(10)4-2;1-2/h3-7H,2H2,1H3;1-2H3/b5-3-;. The van der Waals surface area contributed by atoms with Crippen LogP contribution in [0.25, 0.3) is 12.3 Å². The summed E-state index contributed by atoms with van der Waals surface area (Å²) < 4.78 is 1.91. The fourth-order valence-corrected chi connectivity index (χ4v) is 0.758. The number of imidazole rings is 1. The molecule has 0 aromatic carbocycles. The van der Waals surface area contributed by atoms with Crippen LogP contribution in [0.15, 0.2) is 25.2 Å². The van der Waals surface area contributed by atoms with Crippen LogP contribution in [0, 0.1) is 0 Å². The molecule has 0 radical (unpaired) electrons. The zero-order valence-corrected chi connectivity index (χ0v) is 7.99. The van der Waals surface area contributed by atoms with E-state index in [1.807, 2.05) is 37.6 Å². The Morgan fingerprint density at radius 1 is 1.50 bits per heavy atom. The van der Waals surface area contributed by atoms with E-state index in [1.165, 1.54) is 0 Å². The van der Waals surface area contributed by atoms with E-state index in [4.69, 9.17) is 0 Å². The van der Waals surface area contributed by atoms with Crippen LogP contribution in [-0.2, 0) is 0 Å². The molecule has 1 rings (SSSR count). The molecular weight excluding hydrogens is 148 g/mol. The Labute approximate surface area is 74.3 Å². The van der Waals surface area contributed by atoms with Crippen molar-refractivity contribution < 1.29 is 0 Å². The van der Waals surface area contributed by atoms with E-state index in [-0.39, 0.29) is 0 Å². The third kappa shape index (κ3) is 2.74. The number of allylic oxidation sites excluding steroid dienone is 1. The number of hydrogen-bond donors (Lipinski definition) is 0. The van der Waals surface area contributed by atoms with Gasteiger partial charge in [0, 0.05) is 6.20 Å². The quantitative estimate of drug-likeness (QED) is 0.657. The topological polar surface area (TPSA) is 17.8 Å². The summed E-state index contributed by atoms with van der Waals surface area (Å²) in [5.41, 5.74) is 1.01. The van der Waals surface area contributed by atoms with Crippen LogP contribution >= 0.6 is 0 Å². The number of hydrogen-bond acceptors (Lipinski definition) is 1. The highest BCUT2D eigenvalue weighted by atomic mass is 15.0. The average Bonchev–Trinajstić information content (AvgIpc) is 2.56. The van der Waals surface area contributed by atoms with Crippen molar-refractivity contribution in [2.75, 3.05) is 0 Å². The molecule has 0 atom stereocenters. The molecule has 0 amide bonds. The fraction of sp³-hybridized carbons (Fsp3) is 0.300. The van der Waals surface area contributed by atoms with Crippen molar-refractivity contribution in [2.45, 2.75) is 20.8 Å². The highest BCUT2D eigenvalue weighted by molar-refractivity contribution is 5.45. The third-order valence-electron chi connectivity index (χ3n) is 1.21. The summed E-state index contributed by atoms with van der Waals surface area (Å²) in [6.07, 6.45) is 9.18. The number of rotatable bonds is 2. The predicted octanol–water partition coefficient (Wildman–Crippen LogP) is 3.04. The van der Waals surface area contributed by atoms with Crippen LogP contribution < -0.4 is 0 Å². The maximum absolute atomic E-state index is 3.95. The molecule has 1 aromatic heterocycles. The zero-order chi connectivity index (χ0) is 9.40. The van der Waals surface area contributed by atoms with E-state index in [0.29, 0.717) is 0 Å². The van der Waals surface area contributed by atoms with E-state index >= 15 is 0 Å². The van der Waals surface area contributed by atoms with Gasteiger partial charge in [-0.3, -0.25) is 0 Å². The van der Waals surface area contributed by atoms with Gasteiger partial charge in [-0.2, -0.15) is 0 Å². The molecule has 0 spiro atoms. The summed E-state index contributed by atoms with van der Waals surface area (Å²) in [6, 6.07) is 0. The van der Waals surface area contributed by atoms with Gasteiger partial charge in [0.2, 0.25) is 0 Å². The average molecular weight is 164 g/mol. The number of nitrogens with zero attached hydrogens (tertiary/aromatic N) is 2. The molecule has 2 heteroatoms. The minimum atomic E-state index is 1.01. The van der Waals surface area contributed by atoms with Gasteiger partial charge in [0.25, 0.3) is 0 Å². The zero-order valence-electron chi connectivity index (χ0n) is 7.99. The first-order chi connectivity index (χ1) is 5.88. The molecule has 12 heavy (non-hydrogen) atoms. The number of aromatic nitrogens is 2. The summed E-state index contributed by atoms with van der Waals surface area (Å²) in [5, 5.41) is 0. The Morgan fingerprint density at radius 2 is 2.17 bits per heavy atom. The van der Waals surface area contributed by atoms with Crippen molar-refractivity contribution in [1.29, 1.82) is 0 Å². The van der Waals surface area contributed by atoms with Crippen LogP contribution in [0.5, 0.6) is 0 Å². The lowest BCUT2D eigenvalue weighted by molar-refractivity contribution is 1.12. The molecule has 2 nitrogen and oxygen atoms in total. The van der Waals surface area contributed by atoms with E-state index in [1.54, 1.807) is 18.6 Å². The first-order valence-corrected chi connectivity index (χ1v) is 4.15. The Balaban J connectivity index is 0.000000561. The van der Waals surface area contributed by atoms with E-state index < -0.39 is 0 Å². The summed E-state index contributed by atoms with van der Waals surface area (Å²) >= 11 is 0. The molecule has 0 unspecified atom stereocenters. The molecule has 0 aliphatic heterocycles. The molecule has 0 saturated heterocycles. The van der Waals surface area contributed by atoms with Crippen molar-refractivity contribution >= 4 is 12.3 Å². The van der Waals surface area contributed by atoms with Crippen molar-refractivity contribution in [3.8, 4) is 0 Å². The van der Waals surface area contributed by atoms with Crippen molar-refractivity contribution in [3.05, 3.63) is 30.9 Å². The second kappa shape index (κ2) is 6.40. The van der Waals surface area contributed by atoms with Gasteiger partial charge in [-0.1, -0.05) is 26.5 Å². The van der Waals surface area contributed by atoms with Crippen molar-refractivity contribution in [2.24, 2.45) is 0 Å². The Kier molecular flexibility index (Phi) is 5.70. The van der Waals surface area contributed by atoms with Gasteiger partial charge in [0.1, 0.15) is 0 Å². The van der Waals surface area contributed by atoms with E-state index in [9.17, 15) is 0 Å². The molecule has 1 aromatic rings. The van der Waals surface area contributed by atoms with Gasteiger partial charge in [-0.15, -0.1) is 0 Å². The molecule has 0 bridgehead atoms. The van der Waals surface area contributed by atoms with Gasteiger partial charge < -0.3 is 4.57 Å². The normalized spacial score (nSPS) is 9.25. The summed E-state index contributed by atoms with van der Waals surface area (Å²) in [5.74, 6) is 0. The maximum atomic E-state index is 3.95. The summed E-state index contributed by atoms with van der Waals surface area (Å²) in [7, 11) is 0. The van der Waals surface area contributed by atoms with Gasteiger partial charge in [-0.05, 0) is 13.0 Å². The summed E-state index contributed by atoms with van der Waals surface area (Å²) in [6.45, 7) is 9.62. The Morgan fingerprint density at radius 3 is 2.67 bits per heavy atom. The second-order valence-corrected chi connectivity index (χ2v) is 1.91. The van der Waals surface area contributed by atoms with Gasteiger partial charge in [0.15, 0.2) is 0 Å². The lowest BCUT2D eigenvalue weighted by atomic mass is 10.4. The van der Waals surface area contributed by atoms with Gasteiger partial charge in [-0.25, -0.2) is 4.98 Å². The molecule has 0 aliphatic rings. The molecule has 1 heterocycles. The van der Waals surface area contributed by atoms with Crippen molar-refractivity contribution in [1.82, 2.24) is 9.55 Å². The highest BCUT2D eigenvalue weighted by Gasteiger charge is 1.90. The largest absolute Gasteiger partial charge is 0.307 e. The third-order valence-corrected chi connectivity index (χ3v) is 1.21. The minimum absolute atomic E-state index is 1.01. The van der Waals surface area contributed by atoms with Crippen LogP contribution in [0.2, 0.25) is 0 Å². The minimum Gasteiger partial charge on any atom is -0.307 e. The smallest absolute Gasteiger partial charge is 0.0991 e. The van der Waals surface area contributed by atoms with Crippen LogP contribution in [0.1, 0.15) is 26.5 Å². The monoisotopic (exact) mass is 164 g/mol. The summed E-state index contributed by atoms with van der Waals surface area (Å²) in [4.78, 5) is 3.95. The van der Waals surface area contributed by atoms with Gasteiger partial charge >= 0.3 is 0 Å². The molecule has 0 saturated carbocycles. The molecule has 0 N–H and O–H groups in total. The SMILES string of the molecule is C=Cc1cncn1/C=C\C.CC. The first-order valence-electron chi connectivity index (χ1n) is 4.15. The van der Waals surface area contributed by atoms with E-state index in [0.717, 1.165) is 5.69 Å². The molecule has 66 valence electrons. The first kappa shape index (κ1) is 10.7. The molecule has 0 aliphatic carbocycles. The van der Waals surface area contributed by atoms with Crippen LogP contribution in [0.4, 0.5) is 0 Å². The lowest BCUT2D eigenvalue weighted by Crippen LogP contribution is -1.84. The molecule has 0 fully saturated rings. The lowest BCUT2D eigenvalue weighted by Gasteiger charge is -1.93. The van der Waals surface area contributed by atoms with Crippen LogP contribution in [-0.4, -0.2) is 9.55 Å². The maximum Gasteiger partial charge on any atom is 0.0991 e. The van der Waals surface area contributed by atoms with Crippen LogP contribution in [0.3, 0.4) is 0 Å². The Bertz CT molecular complexity index is 246. The fourth-order valence-electron chi connectivity index (χ4n) is 0.758. The van der Waals surface area contributed by atoms with Gasteiger partial charge in [0.05, 0.1) is 18.2 Å². The Hall–Kier alpha value is -1.31. The van der Waals surface area contributed by atoms with Crippen molar-refractivity contribution in [3.63, 3.8) is 0 Å². The molecular formula is C10H16N2.